The van der Waals surface area contributed by atoms with Gasteiger partial charge in [-0.15, -0.1) is 0 Å². The number of rotatable bonds is 29. The van der Waals surface area contributed by atoms with Crippen molar-refractivity contribution >= 4 is 41.1 Å². The Bertz CT molecular complexity index is 688. The summed E-state index contributed by atoms with van der Waals surface area (Å²) >= 11 is 0. The van der Waals surface area contributed by atoms with Crippen LogP contribution in [0.5, 0.6) is 0 Å². The predicted molar refractivity (Wildman–Crippen MR) is 179 cm³/mol. The molecule has 0 aromatic heterocycles. The smallest absolute Gasteiger partial charge is 0.377 e. The predicted octanol–water partition coefficient (Wildman–Crippen LogP) is 3.67. The normalized spacial score (nSPS) is 13.4. The van der Waals surface area contributed by atoms with Crippen LogP contribution >= 0.6 is 0 Å². The van der Waals surface area contributed by atoms with E-state index in [1.807, 2.05) is 11.9 Å². The van der Waals surface area contributed by atoms with E-state index in [0.29, 0.717) is 75.7 Å². The van der Waals surface area contributed by atoms with Gasteiger partial charge < -0.3 is 58.0 Å². The lowest BCUT2D eigenvalue weighted by Crippen LogP contribution is -2.47. The van der Waals surface area contributed by atoms with E-state index in [1.165, 1.54) is 0 Å². The summed E-state index contributed by atoms with van der Waals surface area (Å²) in [6, 6.07) is 2.29. The van der Waals surface area contributed by atoms with Crippen LogP contribution in [0.2, 0.25) is 24.2 Å². The fourth-order valence-electron chi connectivity index (χ4n) is 5.89. The second-order valence-electron chi connectivity index (χ2n) is 10.9. The molecule has 14 nitrogen and oxygen atoms in total. The molecule has 1 amide bonds. The zero-order valence-electron chi connectivity index (χ0n) is 30.2. The van der Waals surface area contributed by atoms with E-state index in [9.17, 15) is 4.79 Å². The fraction of sp³-hybridized carbons (Fsp3) is 0.963. The molecule has 0 N–H and O–H groups in total. The zero-order valence-corrected chi connectivity index (χ0v) is 34.2. The first-order chi connectivity index (χ1) is 21.4. The fourth-order valence-corrected chi connectivity index (χ4v) is 12.8. The molecule has 0 heterocycles. The highest BCUT2D eigenvalue weighted by atomic mass is 28.4. The standard InChI is InChI=1S/C27H63NO13Si4/c1-28(21-17-25-45(39-11,40-12)41-13)26(29)27(18-14-22-42(30-2,31-3)32-4,19-15-23-43(33-5,34-6)35-7)20-16-24-44(36-8,37-9)38-10/h14-25H2,1-13H3. The maximum Gasteiger partial charge on any atom is 0.500 e. The van der Waals surface area contributed by atoms with E-state index in [2.05, 4.69) is 0 Å². The van der Waals surface area contributed by atoms with Crippen molar-refractivity contribution in [1.82, 2.24) is 4.90 Å². The average Bonchev–Trinajstić information content (AvgIpc) is 3.09. The van der Waals surface area contributed by atoms with E-state index >= 15 is 0 Å². The molecular formula is C27H63NO13Si4. The molecule has 0 spiro atoms. The lowest BCUT2D eigenvalue weighted by molar-refractivity contribution is -0.142. The van der Waals surface area contributed by atoms with Gasteiger partial charge in [0.15, 0.2) is 0 Å². The Balaban J connectivity index is 6.44. The SMILES string of the molecule is CO[Si](CCCN(C)C(=O)C(CCC[Si](OC)(OC)OC)(CCC[Si](OC)(OC)OC)CCC[Si](OC)(OC)OC)(OC)OC. The first-order valence-corrected chi connectivity index (χ1v) is 23.0. The molecule has 0 aliphatic heterocycles. The van der Waals surface area contributed by atoms with E-state index in [4.69, 9.17) is 53.1 Å². The van der Waals surface area contributed by atoms with Crippen molar-refractivity contribution in [2.45, 2.75) is 69.1 Å². The first kappa shape index (κ1) is 44.9. The Morgan fingerprint density at radius 1 is 0.444 bits per heavy atom. The monoisotopic (exact) mass is 721 g/mol. The molecule has 0 atom stereocenters. The molecule has 0 rings (SSSR count). The number of amides is 1. The minimum Gasteiger partial charge on any atom is -0.377 e. The van der Waals surface area contributed by atoms with Crippen LogP contribution in [0.4, 0.5) is 0 Å². The van der Waals surface area contributed by atoms with Gasteiger partial charge in [-0.3, -0.25) is 4.79 Å². The third-order valence-electron chi connectivity index (χ3n) is 8.92. The van der Waals surface area contributed by atoms with Crippen LogP contribution in [0.1, 0.15) is 44.9 Å². The second-order valence-corrected chi connectivity index (χ2v) is 23.2. The van der Waals surface area contributed by atoms with Crippen LogP contribution in [0.15, 0.2) is 0 Å². The summed E-state index contributed by atoms with van der Waals surface area (Å²) in [5.74, 6) is 0.0561. The van der Waals surface area contributed by atoms with Crippen molar-refractivity contribution in [3.63, 3.8) is 0 Å². The molecule has 0 fully saturated rings. The summed E-state index contributed by atoms with van der Waals surface area (Å²) in [6.07, 6.45) is 4.43. The van der Waals surface area contributed by atoms with Gasteiger partial charge in [-0.25, -0.2) is 0 Å². The Morgan fingerprint density at radius 3 is 0.889 bits per heavy atom. The van der Waals surface area contributed by atoms with Gasteiger partial charge >= 0.3 is 35.2 Å². The molecule has 0 aliphatic carbocycles. The molecule has 0 saturated heterocycles. The Hall–Kier alpha value is -0.142. The van der Waals surface area contributed by atoms with Crippen molar-refractivity contribution in [3.8, 4) is 0 Å². The maximum atomic E-state index is 14.6. The van der Waals surface area contributed by atoms with Gasteiger partial charge in [-0.1, -0.05) is 0 Å². The first-order valence-electron chi connectivity index (χ1n) is 15.3. The van der Waals surface area contributed by atoms with Gasteiger partial charge in [0.25, 0.3) is 0 Å². The van der Waals surface area contributed by atoms with Crippen LogP contribution in [0, 0.1) is 5.41 Å². The Morgan fingerprint density at radius 2 is 0.667 bits per heavy atom. The quantitative estimate of drug-likeness (QED) is 0.104. The highest BCUT2D eigenvalue weighted by Gasteiger charge is 2.46. The number of hydrogen-bond donors (Lipinski definition) is 0. The van der Waals surface area contributed by atoms with E-state index in [-0.39, 0.29) is 5.91 Å². The third-order valence-corrected chi connectivity index (χ3v) is 20.3. The molecule has 270 valence electrons. The largest absolute Gasteiger partial charge is 0.500 e. The van der Waals surface area contributed by atoms with E-state index in [0.717, 1.165) is 0 Å². The Labute approximate surface area is 277 Å². The summed E-state index contributed by atoms with van der Waals surface area (Å²) in [6.45, 7) is 0.512. The highest BCUT2D eigenvalue weighted by molar-refractivity contribution is 6.61. The lowest BCUT2D eigenvalue weighted by Gasteiger charge is -2.38. The van der Waals surface area contributed by atoms with Gasteiger partial charge in [-0.05, 0) is 44.9 Å². The van der Waals surface area contributed by atoms with Crippen LogP contribution in [-0.4, -0.2) is 145 Å². The number of hydrogen-bond acceptors (Lipinski definition) is 13. The van der Waals surface area contributed by atoms with E-state index in [1.54, 1.807) is 85.3 Å². The summed E-state index contributed by atoms with van der Waals surface area (Å²) in [5.41, 5.74) is -0.729. The topological polar surface area (TPSA) is 131 Å². The molecule has 0 aliphatic rings. The highest BCUT2D eigenvalue weighted by Crippen LogP contribution is 2.41. The third kappa shape index (κ3) is 13.0. The molecule has 0 saturated carbocycles. The van der Waals surface area contributed by atoms with Gasteiger partial charge in [0.2, 0.25) is 5.91 Å². The van der Waals surface area contributed by atoms with Crippen molar-refractivity contribution in [2.24, 2.45) is 5.41 Å². The molecule has 0 aromatic carbocycles. The number of carbonyl (C=O) groups excluding carboxylic acids is 1. The van der Waals surface area contributed by atoms with Crippen molar-refractivity contribution in [3.05, 3.63) is 0 Å². The van der Waals surface area contributed by atoms with Gasteiger partial charge in [-0.2, -0.15) is 0 Å². The zero-order chi connectivity index (χ0) is 34.6. The maximum absolute atomic E-state index is 14.6. The summed E-state index contributed by atoms with van der Waals surface area (Å²) in [5, 5.41) is 0. The molecule has 18 heteroatoms. The summed E-state index contributed by atoms with van der Waals surface area (Å²) in [7, 11) is 9.68. The average molecular weight is 722 g/mol. The molecule has 45 heavy (non-hydrogen) atoms. The minimum absolute atomic E-state index is 0.0561. The van der Waals surface area contributed by atoms with Crippen molar-refractivity contribution in [2.75, 3.05) is 98.9 Å². The molecular weight excluding hydrogens is 659 g/mol. The van der Waals surface area contributed by atoms with Gasteiger partial charge in [0.05, 0.1) is 0 Å². The minimum atomic E-state index is -2.86. The molecule has 0 bridgehead atoms. The van der Waals surface area contributed by atoms with Gasteiger partial charge in [0, 0.05) is 129 Å². The van der Waals surface area contributed by atoms with Crippen molar-refractivity contribution in [1.29, 1.82) is 0 Å². The van der Waals surface area contributed by atoms with Crippen LogP contribution < -0.4 is 0 Å². The lowest BCUT2D eigenvalue weighted by atomic mass is 9.74. The van der Waals surface area contributed by atoms with E-state index < -0.39 is 40.6 Å². The Kier molecular flexibility index (Phi) is 22.4. The molecule has 0 aromatic rings. The van der Waals surface area contributed by atoms with Crippen LogP contribution in [-0.2, 0) is 57.9 Å². The second kappa shape index (κ2) is 22.5. The number of nitrogens with zero attached hydrogens (tertiary/aromatic N) is 1. The summed E-state index contributed by atoms with van der Waals surface area (Å²) in [4.78, 5) is 16.4. The van der Waals surface area contributed by atoms with Crippen LogP contribution in [0.25, 0.3) is 0 Å². The summed E-state index contributed by atoms with van der Waals surface area (Å²) < 4.78 is 68.0. The molecule has 0 unspecified atom stereocenters. The van der Waals surface area contributed by atoms with Crippen LogP contribution in [0.3, 0.4) is 0 Å². The van der Waals surface area contributed by atoms with Gasteiger partial charge in [0.1, 0.15) is 0 Å². The number of carbonyl (C=O) groups is 1. The van der Waals surface area contributed by atoms with Crippen molar-refractivity contribution < 1.29 is 57.9 Å². The molecule has 0 radical (unpaired) electrons.